The van der Waals surface area contributed by atoms with E-state index in [0.717, 1.165) is 50.0 Å². The van der Waals surface area contributed by atoms with E-state index in [9.17, 15) is 4.39 Å². The molecule has 2 aromatic heterocycles. The van der Waals surface area contributed by atoms with Crippen molar-refractivity contribution in [1.29, 1.82) is 0 Å². The van der Waals surface area contributed by atoms with E-state index in [4.69, 9.17) is 15.5 Å². The van der Waals surface area contributed by atoms with Gasteiger partial charge >= 0.3 is 0 Å². The van der Waals surface area contributed by atoms with E-state index >= 15 is 0 Å². The molecule has 7 nitrogen and oxygen atoms in total. The molecule has 5 rings (SSSR count). The van der Waals surface area contributed by atoms with Crippen LogP contribution in [0.2, 0.25) is 0 Å². The molecule has 1 aliphatic carbocycles. The second kappa shape index (κ2) is 6.84. The molecule has 0 amide bonds. The number of hydrogen-bond donors (Lipinski definition) is 1. The molecule has 1 aromatic carbocycles. The van der Waals surface area contributed by atoms with Gasteiger partial charge in [-0.1, -0.05) is 6.07 Å². The highest BCUT2D eigenvalue weighted by Crippen LogP contribution is 2.36. The lowest BCUT2D eigenvalue weighted by molar-refractivity contribution is 0.141. The van der Waals surface area contributed by atoms with Crippen LogP contribution in [0.15, 0.2) is 18.2 Å². The normalized spacial score (nSPS) is 22.0. The minimum absolute atomic E-state index is 0.181. The zero-order valence-electron chi connectivity index (χ0n) is 16.0. The number of nitrogens with two attached hydrogens (primary N) is 1. The van der Waals surface area contributed by atoms with Gasteiger partial charge in [0.05, 0.1) is 7.11 Å². The minimum Gasteiger partial charge on any atom is -0.494 e. The lowest BCUT2D eigenvalue weighted by Crippen LogP contribution is -2.39. The summed E-state index contributed by atoms with van der Waals surface area (Å²) < 4.78 is 21.3. The number of benzene rings is 1. The molecule has 1 saturated heterocycles. The Morgan fingerprint density at radius 3 is 2.93 bits per heavy atom. The molecule has 3 heterocycles. The van der Waals surface area contributed by atoms with Crippen LogP contribution < -0.4 is 10.5 Å². The van der Waals surface area contributed by atoms with E-state index in [-0.39, 0.29) is 17.8 Å². The molecule has 8 heteroatoms. The Kier molecular flexibility index (Phi) is 4.30. The molecule has 2 fully saturated rings. The summed E-state index contributed by atoms with van der Waals surface area (Å²) >= 11 is 0. The number of likely N-dealkylation sites (tertiary alicyclic amines) is 1. The van der Waals surface area contributed by atoms with Crippen LogP contribution in [-0.2, 0) is 0 Å². The molecule has 2 atom stereocenters. The van der Waals surface area contributed by atoms with Gasteiger partial charge in [-0.3, -0.25) is 4.90 Å². The fourth-order valence-electron chi connectivity index (χ4n) is 4.27. The number of rotatable bonds is 5. The number of nitrogens with zero attached hydrogens (tertiary/aromatic N) is 5. The lowest BCUT2D eigenvalue weighted by atomic mass is 9.97. The average molecular weight is 384 g/mol. The first-order valence-corrected chi connectivity index (χ1v) is 9.99. The molecule has 0 radical (unpaired) electrons. The van der Waals surface area contributed by atoms with Crippen LogP contribution in [0.25, 0.3) is 16.6 Å². The van der Waals surface area contributed by atoms with E-state index in [1.165, 1.54) is 0 Å². The number of ether oxygens (including phenoxy) is 1. The fourth-order valence-corrected chi connectivity index (χ4v) is 4.27. The molecular formula is C20H25FN6O. The quantitative estimate of drug-likeness (QED) is 0.728. The van der Waals surface area contributed by atoms with Crippen LogP contribution in [0.4, 0.5) is 10.3 Å². The molecule has 1 saturated carbocycles. The maximum atomic E-state index is 14.3. The number of hydrogen-bond acceptors (Lipinski definition) is 6. The standard InChI is InChI=1S/C20H25FN6O/c1-28-16-6-2-5-14-17(16)23-20(22)27-19(14)24-18(25-27)13-4-3-9-26(10-13)11-15(21)12-7-8-12/h2,5-6,12-13,15H,3-4,7-11H2,1H3,(H2,22,23)/t13-,15-/m1/s1. The van der Waals surface area contributed by atoms with Crippen molar-refractivity contribution in [3.05, 3.63) is 24.0 Å². The molecule has 2 N–H and O–H groups in total. The minimum atomic E-state index is -0.705. The molecule has 28 heavy (non-hydrogen) atoms. The third-order valence-corrected chi connectivity index (χ3v) is 5.96. The number of alkyl halides is 1. The number of aromatic nitrogens is 4. The van der Waals surface area contributed by atoms with Crippen molar-refractivity contribution < 1.29 is 9.13 Å². The van der Waals surface area contributed by atoms with Gasteiger partial charge in [-0.05, 0) is 50.3 Å². The van der Waals surface area contributed by atoms with Gasteiger partial charge in [0.15, 0.2) is 11.5 Å². The molecule has 0 unspecified atom stereocenters. The van der Waals surface area contributed by atoms with Gasteiger partial charge in [0.1, 0.15) is 17.4 Å². The lowest BCUT2D eigenvalue weighted by Gasteiger charge is -2.32. The van der Waals surface area contributed by atoms with E-state index in [1.54, 1.807) is 11.6 Å². The van der Waals surface area contributed by atoms with Crippen molar-refractivity contribution in [3.63, 3.8) is 0 Å². The summed E-state index contributed by atoms with van der Waals surface area (Å²) in [4.78, 5) is 11.5. The third-order valence-electron chi connectivity index (χ3n) is 5.96. The molecule has 0 spiro atoms. The summed E-state index contributed by atoms with van der Waals surface area (Å²) in [6.07, 6.45) is 3.40. The maximum Gasteiger partial charge on any atom is 0.223 e. The summed E-state index contributed by atoms with van der Waals surface area (Å²) in [5, 5.41) is 5.52. The number of halogens is 1. The van der Waals surface area contributed by atoms with Crippen LogP contribution in [0, 0.1) is 5.92 Å². The van der Waals surface area contributed by atoms with Gasteiger partial charge in [0, 0.05) is 24.4 Å². The SMILES string of the molecule is COc1cccc2c1nc(N)n1nc([C@@H]3CCCN(C[C@@H](F)C4CC4)C3)nc21. The van der Waals surface area contributed by atoms with E-state index in [1.807, 2.05) is 18.2 Å². The molecule has 3 aromatic rings. The molecule has 2 aliphatic rings. The Labute approximate surface area is 162 Å². The van der Waals surface area contributed by atoms with Crippen LogP contribution >= 0.6 is 0 Å². The van der Waals surface area contributed by atoms with Crippen LogP contribution in [0.5, 0.6) is 5.75 Å². The summed E-state index contributed by atoms with van der Waals surface area (Å²) in [5.74, 6) is 2.17. The smallest absolute Gasteiger partial charge is 0.223 e. The highest BCUT2D eigenvalue weighted by Gasteiger charge is 2.34. The van der Waals surface area contributed by atoms with Crippen molar-refractivity contribution in [1.82, 2.24) is 24.5 Å². The van der Waals surface area contributed by atoms with E-state index in [2.05, 4.69) is 15.0 Å². The summed E-state index contributed by atoms with van der Waals surface area (Å²) in [6, 6.07) is 5.72. The number of fused-ring (bicyclic) bond motifs is 3. The van der Waals surface area contributed by atoms with Crippen molar-refractivity contribution in [2.75, 3.05) is 32.5 Å². The van der Waals surface area contributed by atoms with Gasteiger partial charge in [0.2, 0.25) is 5.95 Å². The predicted octanol–water partition coefficient (Wildman–Crippen LogP) is 2.80. The zero-order valence-corrected chi connectivity index (χ0v) is 16.0. The molecule has 148 valence electrons. The number of para-hydroxylation sites is 1. The largest absolute Gasteiger partial charge is 0.494 e. The number of piperidine rings is 1. The second-order valence-electron chi connectivity index (χ2n) is 7.98. The van der Waals surface area contributed by atoms with Crippen molar-refractivity contribution in [2.45, 2.75) is 37.8 Å². The Morgan fingerprint density at radius 2 is 2.14 bits per heavy atom. The van der Waals surface area contributed by atoms with Crippen LogP contribution in [0.1, 0.15) is 37.4 Å². The number of methoxy groups -OCH3 is 1. The first-order chi connectivity index (χ1) is 13.6. The van der Waals surface area contributed by atoms with E-state index in [0.29, 0.717) is 23.5 Å². The first kappa shape index (κ1) is 17.6. The maximum absolute atomic E-state index is 14.3. The summed E-state index contributed by atoms with van der Waals surface area (Å²) in [5.41, 5.74) is 7.53. The summed E-state index contributed by atoms with van der Waals surface area (Å²) in [7, 11) is 1.61. The molecule has 0 bridgehead atoms. The Hall–Kier alpha value is -2.48. The monoisotopic (exact) mass is 384 g/mol. The van der Waals surface area contributed by atoms with Gasteiger partial charge in [-0.15, -0.1) is 5.10 Å². The van der Waals surface area contributed by atoms with Gasteiger partial charge in [-0.2, -0.15) is 4.52 Å². The van der Waals surface area contributed by atoms with Gasteiger partial charge < -0.3 is 10.5 Å². The highest BCUT2D eigenvalue weighted by atomic mass is 19.1. The highest BCUT2D eigenvalue weighted by molar-refractivity contribution is 5.95. The molecule has 1 aliphatic heterocycles. The van der Waals surface area contributed by atoms with Crippen LogP contribution in [-0.4, -0.2) is 57.4 Å². The third kappa shape index (κ3) is 3.05. The Balaban J connectivity index is 1.47. The van der Waals surface area contributed by atoms with Gasteiger partial charge in [0.25, 0.3) is 0 Å². The summed E-state index contributed by atoms with van der Waals surface area (Å²) in [6.45, 7) is 2.26. The topological polar surface area (TPSA) is 81.6 Å². The average Bonchev–Trinajstić information content (AvgIpc) is 3.46. The van der Waals surface area contributed by atoms with Crippen molar-refractivity contribution in [2.24, 2.45) is 5.92 Å². The number of nitrogen functional groups attached to an aromatic ring is 1. The molecular weight excluding hydrogens is 359 g/mol. The van der Waals surface area contributed by atoms with Crippen LogP contribution in [0.3, 0.4) is 0 Å². The predicted molar refractivity (Wildman–Crippen MR) is 105 cm³/mol. The Bertz CT molecular complexity index is 1020. The number of anilines is 1. The van der Waals surface area contributed by atoms with Crippen molar-refractivity contribution in [3.8, 4) is 5.75 Å². The first-order valence-electron chi connectivity index (χ1n) is 9.99. The van der Waals surface area contributed by atoms with E-state index < -0.39 is 6.17 Å². The van der Waals surface area contributed by atoms with Crippen molar-refractivity contribution >= 4 is 22.5 Å². The van der Waals surface area contributed by atoms with Gasteiger partial charge in [-0.25, -0.2) is 14.4 Å². The fraction of sp³-hybridized carbons (Fsp3) is 0.550. The second-order valence-corrected chi connectivity index (χ2v) is 7.98. The Morgan fingerprint density at radius 1 is 1.29 bits per heavy atom. The zero-order chi connectivity index (χ0) is 19.3.